The van der Waals surface area contributed by atoms with Gasteiger partial charge in [0.15, 0.2) is 5.11 Å². The zero-order valence-electron chi connectivity index (χ0n) is 9.69. The average Bonchev–Trinajstić information content (AvgIpc) is 2.87. The predicted octanol–water partition coefficient (Wildman–Crippen LogP) is 3.07. The standard InChI is InChI=1S/C12H18N2S2/c1-8(2)11(10-4-3-7-16-10)14-12(15)13-9-5-6-9/h3-4,7-9,11H,5-6H2,1-2H3,(H2,13,14,15)/t11-/m0/s1. The van der Waals surface area contributed by atoms with Crippen LogP contribution in [0.2, 0.25) is 0 Å². The largest absolute Gasteiger partial charge is 0.360 e. The lowest BCUT2D eigenvalue weighted by molar-refractivity contribution is 0.475. The van der Waals surface area contributed by atoms with Gasteiger partial charge in [-0.25, -0.2) is 0 Å². The molecule has 0 saturated heterocycles. The molecule has 0 radical (unpaired) electrons. The van der Waals surface area contributed by atoms with Gasteiger partial charge in [-0.1, -0.05) is 19.9 Å². The maximum absolute atomic E-state index is 5.32. The van der Waals surface area contributed by atoms with E-state index in [9.17, 15) is 0 Å². The Kier molecular flexibility index (Phi) is 3.82. The van der Waals surface area contributed by atoms with Crippen molar-refractivity contribution in [2.75, 3.05) is 0 Å². The second-order valence-corrected chi connectivity index (χ2v) is 6.02. The molecule has 2 N–H and O–H groups in total. The van der Waals surface area contributed by atoms with Crippen molar-refractivity contribution in [1.29, 1.82) is 0 Å². The fourth-order valence-corrected chi connectivity index (χ4v) is 2.87. The van der Waals surface area contributed by atoms with Gasteiger partial charge in [0.25, 0.3) is 0 Å². The Morgan fingerprint density at radius 1 is 1.50 bits per heavy atom. The lowest BCUT2D eigenvalue weighted by Gasteiger charge is -2.23. The molecule has 1 aliphatic rings. The molecule has 0 bridgehead atoms. The third kappa shape index (κ3) is 3.19. The molecule has 4 heteroatoms. The van der Waals surface area contributed by atoms with Crippen LogP contribution in [-0.4, -0.2) is 11.2 Å². The molecule has 1 saturated carbocycles. The Labute approximate surface area is 106 Å². The molecule has 1 aromatic heterocycles. The Morgan fingerprint density at radius 3 is 2.75 bits per heavy atom. The van der Waals surface area contributed by atoms with Crippen LogP contribution in [0.5, 0.6) is 0 Å². The average molecular weight is 254 g/mol. The zero-order chi connectivity index (χ0) is 11.5. The third-order valence-corrected chi connectivity index (χ3v) is 3.91. The number of thiocarbonyl (C=S) groups is 1. The third-order valence-electron chi connectivity index (χ3n) is 2.72. The van der Waals surface area contributed by atoms with Crippen molar-refractivity contribution >= 4 is 28.7 Å². The lowest BCUT2D eigenvalue weighted by Crippen LogP contribution is -2.40. The molecule has 88 valence electrons. The van der Waals surface area contributed by atoms with Crippen molar-refractivity contribution in [3.8, 4) is 0 Å². The van der Waals surface area contributed by atoms with Gasteiger partial charge in [0.2, 0.25) is 0 Å². The van der Waals surface area contributed by atoms with Gasteiger partial charge >= 0.3 is 0 Å². The SMILES string of the molecule is CC(C)[C@H](NC(=S)NC1CC1)c1cccs1. The number of nitrogens with one attached hydrogen (secondary N) is 2. The van der Waals surface area contributed by atoms with Crippen LogP contribution in [0.25, 0.3) is 0 Å². The minimum atomic E-state index is 0.332. The van der Waals surface area contributed by atoms with Gasteiger partial charge in [0, 0.05) is 10.9 Å². The van der Waals surface area contributed by atoms with E-state index in [1.54, 1.807) is 11.3 Å². The summed E-state index contributed by atoms with van der Waals surface area (Å²) in [6.45, 7) is 4.44. The fourth-order valence-electron chi connectivity index (χ4n) is 1.63. The summed E-state index contributed by atoms with van der Waals surface area (Å²) in [5, 5.41) is 9.66. The summed E-state index contributed by atoms with van der Waals surface area (Å²) in [5.41, 5.74) is 0. The molecule has 1 fully saturated rings. The van der Waals surface area contributed by atoms with E-state index in [0.29, 0.717) is 18.0 Å². The van der Waals surface area contributed by atoms with E-state index in [4.69, 9.17) is 12.2 Å². The smallest absolute Gasteiger partial charge is 0.167 e. The molecular formula is C12H18N2S2. The van der Waals surface area contributed by atoms with Crippen molar-refractivity contribution in [1.82, 2.24) is 10.6 Å². The molecule has 1 heterocycles. The molecule has 0 spiro atoms. The summed E-state index contributed by atoms with van der Waals surface area (Å²) < 4.78 is 0. The van der Waals surface area contributed by atoms with E-state index in [-0.39, 0.29) is 0 Å². The summed E-state index contributed by atoms with van der Waals surface area (Å²) in [7, 11) is 0. The maximum Gasteiger partial charge on any atom is 0.167 e. The van der Waals surface area contributed by atoms with Gasteiger partial charge in [-0.05, 0) is 42.4 Å². The Bertz CT molecular complexity index is 342. The first-order valence-electron chi connectivity index (χ1n) is 5.77. The summed E-state index contributed by atoms with van der Waals surface area (Å²) in [6.07, 6.45) is 2.51. The van der Waals surface area contributed by atoms with E-state index < -0.39 is 0 Å². The van der Waals surface area contributed by atoms with Crippen molar-refractivity contribution in [3.05, 3.63) is 22.4 Å². The second-order valence-electron chi connectivity index (χ2n) is 4.63. The normalized spacial score (nSPS) is 17.2. The van der Waals surface area contributed by atoms with Gasteiger partial charge < -0.3 is 10.6 Å². The summed E-state index contributed by atoms with van der Waals surface area (Å²) >= 11 is 7.11. The maximum atomic E-state index is 5.32. The number of hydrogen-bond acceptors (Lipinski definition) is 2. The first-order chi connectivity index (χ1) is 7.66. The highest BCUT2D eigenvalue weighted by atomic mass is 32.1. The monoisotopic (exact) mass is 254 g/mol. The van der Waals surface area contributed by atoms with E-state index >= 15 is 0 Å². The molecule has 0 aromatic carbocycles. The summed E-state index contributed by atoms with van der Waals surface area (Å²) in [4.78, 5) is 1.36. The second kappa shape index (κ2) is 5.15. The topological polar surface area (TPSA) is 24.1 Å². The van der Waals surface area contributed by atoms with E-state index in [1.165, 1.54) is 17.7 Å². The van der Waals surface area contributed by atoms with Gasteiger partial charge in [0.1, 0.15) is 0 Å². The van der Waals surface area contributed by atoms with Crippen LogP contribution < -0.4 is 10.6 Å². The number of thiophene rings is 1. The fraction of sp³-hybridized carbons (Fsp3) is 0.583. The highest BCUT2D eigenvalue weighted by Gasteiger charge is 2.24. The van der Waals surface area contributed by atoms with Crippen LogP contribution in [0.1, 0.15) is 37.6 Å². The minimum Gasteiger partial charge on any atom is -0.360 e. The molecular weight excluding hydrogens is 236 g/mol. The first kappa shape index (κ1) is 11.9. The van der Waals surface area contributed by atoms with Crippen LogP contribution in [0.3, 0.4) is 0 Å². The van der Waals surface area contributed by atoms with Crippen molar-refractivity contribution < 1.29 is 0 Å². The van der Waals surface area contributed by atoms with Crippen LogP contribution in [0.4, 0.5) is 0 Å². The molecule has 1 aliphatic carbocycles. The van der Waals surface area contributed by atoms with Crippen LogP contribution in [0.15, 0.2) is 17.5 Å². The van der Waals surface area contributed by atoms with Crippen LogP contribution >= 0.6 is 23.6 Å². The van der Waals surface area contributed by atoms with Gasteiger partial charge in [-0.3, -0.25) is 0 Å². The van der Waals surface area contributed by atoms with Gasteiger partial charge in [0.05, 0.1) is 6.04 Å². The molecule has 16 heavy (non-hydrogen) atoms. The van der Waals surface area contributed by atoms with Gasteiger partial charge in [-0.2, -0.15) is 0 Å². The minimum absolute atomic E-state index is 0.332. The zero-order valence-corrected chi connectivity index (χ0v) is 11.3. The quantitative estimate of drug-likeness (QED) is 0.808. The first-order valence-corrected chi connectivity index (χ1v) is 7.06. The molecule has 0 amide bonds. The Morgan fingerprint density at radius 2 is 2.25 bits per heavy atom. The Hall–Kier alpha value is -0.610. The molecule has 0 aliphatic heterocycles. The highest BCUT2D eigenvalue weighted by molar-refractivity contribution is 7.80. The van der Waals surface area contributed by atoms with E-state index in [0.717, 1.165) is 5.11 Å². The number of rotatable bonds is 4. The molecule has 1 atom stereocenters. The summed E-state index contributed by atoms with van der Waals surface area (Å²) in [6, 6.07) is 5.21. The van der Waals surface area contributed by atoms with Crippen molar-refractivity contribution in [3.63, 3.8) is 0 Å². The predicted molar refractivity (Wildman–Crippen MR) is 73.8 cm³/mol. The Balaban J connectivity index is 1.94. The highest BCUT2D eigenvalue weighted by Crippen LogP contribution is 2.26. The molecule has 2 rings (SSSR count). The van der Waals surface area contributed by atoms with Gasteiger partial charge in [-0.15, -0.1) is 11.3 Å². The van der Waals surface area contributed by atoms with E-state index in [1.807, 2.05) is 0 Å². The van der Waals surface area contributed by atoms with Crippen LogP contribution in [0, 0.1) is 5.92 Å². The lowest BCUT2D eigenvalue weighted by atomic mass is 10.0. The van der Waals surface area contributed by atoms with Crippen LogP contribution in [-0.2, 0) is 0 Å². The summed E-state index contributed by atoms with van der Waals surface area (Å²) in [5.74, 6) is 0.539. The molecule has 2 nitrogen and oxygen atoms in total. The van der Waals surface area contributed by atoms with Crippen molar-refractivity contribution in [2.45, 2.75) is 38.8 Å². The van der Waals surface area contributed by atoms with E-state index in [2.05, 4.69) is 42.0 Å². The number of hydrogen-bond donors (Lipinski definition) is 2. The molecule has 0 unspecified atom stereocenters. The molecule has 1 aromatic rings. The van der Waals surface area contributed by atoms with Crippen molar-refractivity contribution in [2.24, 2.45) is 5.92 Å².